The molecule has 3 aliphatic heterocycles. The summed E-state index contributed by atoms with van der Waals surface area (Å²) in [5.74, 6) is -0.210. The van der Waals surface area contributed by atoms with Gasteiger partial charge in [0.05, 0.1) is 46.3 Å². The lowest BCUT2D eigenvalue weighted by atomic mass is 10.0. The number of benzene rings is 3. The van der Waals surface area contributed by atoms with Crippen molar-refractivity contribution in [1.82, 2.24) is 14.7 Å². The highest BCUT2D eigenvalue weighted by Gasteiger charge is 2.44. The van der Waals surface area contributed by atoms with Crippen LogP contribution < -0.4 is 18.9 Å². The first kappa shape index (κ1) is 37.5. The van der Waals surface area contributed by atoms with Crippen LogP contribution in [0.5, 0.6) is 23.0 Å². The average molecular weight is 718 g/mol. The maximum atomic E-state index is 13.2. The monoisotopic (exact) mass is 717 g/mol. The zero-order valence-corrected chi connectivity index (χ0v) is 29.6. The minimum Gasteiger partial charge on any atom is -0.497 e. The molecule has 0 radical (unpaired) electrons. The van der Waals surface area contributed by atoms with Crippen molar-refractivity contribution in [3.63, 3.8) is 0 Å². The van der Waals surface area contributed by atoms with Crippen molar-refractivity contribution >= 4 is 29.8 Å². The van der Waals surface area contributed by atoms with Crippen LogP contribution in [0.3, 0.4) is 0 Å². The molecule has 14 nitrogen and oxygen atoms in total. The van der Waals surface area contributed by atoms with Gasteiger partial charge in [0.1, 0.15) is 29.6 Å². The molecule has 6 rings (SSSR count). The van der Waals surface area contributed by atoms with Gasteiger partial charge in [-0.1, -0.05) is 30.3 Å². The Kier molecular flexibility index (Phi) is 12.2. The Morgan fingerprint density at radius 2 is 1.25 bits per heavy atom. The summed E-state index contributed by atoms with van der Waals surface area (Å²) >= 11 is 0. The molecule has 0 bridgehead atoms. The minimum absolute atomic E-state index is 0.0633. The van der Waals surface area contributed by atoms with E-state index in [9.17, 15) is 24.0 Å². The molecule has 3 heterocycles. The summed E-state index contributed by atoms with van der Waals surface area (Å²) in [6.07, 6.45) is 0.0113. The lowest BCUT2D eigenvalue weighted by molar-refractivity contribution is -0.141. The fourth-order valence-corrected chi connectivity index (χ4v) is 6.52. The Bertz CT molecular complexity index is 1780. The molecular weight excluding hydrogens is 674 g/mol. The second-order valence-electron chi connectivity index (χ2n) is 12.7. The van der Waals surface area contributed by atoms with Gasteiger partial charge < -0.3 is 38.6 Å². The summed E-state index contributed by atoms with van der Waals surface area (Å²) in [5.41, 5.74) is 2.66. The Morgan fingerprint density at radius 1 is 0.731 bits per heavy atom. The fraction of sp³-hybridized carbons (Fsp3) is 0.395. The van der Waals surface area contributed by atoms with Gasteiger partial charge in [-0.25, -0.2) is 9.69 Å². The third-order valence-corrected chi connectivity index (χ3v) is 9.35. The number of carboxylic acid groups (broad SMARTS) is 1. The Morgan fingerprint density at radius 3 is 1.73 bits per heavy atom. The fourth-order valence-electron chi connectivity index (χ4n) is 6.52. The number of ether oxygens (including phenoxy) is 5. The number of carbonyl (C=O) groups is 5. The van der Waals surface area contributed by atoms with E-state index in [0.717, 1.165) is 16.7 Å². The topological polar surface area (TPSA) is 161 Å². The molecule has 0 aliphatic carbocycles. The minimum atomic E-state index is -0.928. The molecule has 276 valence electrons. The maximum absolute atomic E-state index is 13.2. The SMILES string of the molecule is COc1ccc(CN2C[C@@H](C(=O)N3C(=O)OC[C@@H]3Cc3ccccc3)CC2=O)c(OC)c1.COc1ccc(CN2C[C@@H](C(=O)O)CC2=O)c(OC)c1. The van der Waals surface area contributed by atoms with Gasteiger partial charge in [0.25, 0.3) is 0 Å². The Hall–Kier alpha value is -5.79. The van der Waals surface area contributed by atoms with Crippen LogP contribution in [0.4, 0.5) is 4.79 Å². The van der Waals surface area contributed by atoms with Crippen LogP contribution in [0.15, 0.2) is 66.7 Å². The van der Waals surface area contributed by atoms with Crippen LogP contribution in [-0.2, 0) is 43.4 Å². The van der Waals surface area contributed by atoms with Gasteiger partial charge in [0, 0.05) is 62.3 Å². The van der Waals surface area contributed by atoms with Crippen LogP contribution in [0.2, 0.25) is 0 Å². The van der Waals surface area contributed by atoms with Gasteiger partial charge in [0.2, 0.25) is 17.7 Å². The van der Waals surface area contributed by atoms with Gasteiger partial charge in [-0.3, -0.25) is 19.2 Å². The number of amides is 4. The number of imide groups is 1. The summed E-state index contributed by atoms with van der Waals surface area (Å²) in [5, 5.41) is 8.96. The molecular formula is C38H43N3O11. The molecule has 0 aromatic heterocycles. The summed E-state index contributed by atoms with van der Waals surface area (Å²) in [7, 11) is 6.24. The molecule has 14 heteroatoms. The van der Waals surface area contributed by atoms with E-state index in [1.54, 1.807) is 62.5 Å². The quantitative estimate of drug-likeness (QED) is 0.290. The summed E-state index contributed by atoms with van der Waals surface area (Å²) in [6, 6.07) is 20.0. The number of carboxylic acids is 1. The summed E-state index contributed by atoms with van der Waals surface area (Å²) in [6.45, 7) is 1.30. The van der Waals surface area contributed by atoms with Gasteiger partial charge in [0.15, 0.2) is 0 Å². The maximum Gasteiger partial charge on any atom is 0.416 e. The Labute approximate surface area is 301 Å². The third kappa shape index (κ3) is 8.74. The van der Waals surface area contributed by atoms with Crippen LogP contribution in [0.1, 0.15) is 29.5 Å². The van der Waals surface area contributed by atoms with E-state index in [2.05, 4.69) is 0 Å². The van der Waals surface area contributed by atoms with Crippen LogP contribution in [0.25, 0.3) is 0 Å². The first-order valence-electron chi connectivity index (χ1n) is 16.8. The molecule has 3 aromatic carbocycles. The normalized spacial score (nSPS) is 19.6. The highest BCUT2D eigenvalue weighted by atomic mass is 16.6. The molecule has 1 N–H and O–H groups in total. The average Bonchev–Trinajstić information content (AvgIpc) is 3.84. The number of rotatable bonds is 12. The van der Waals surface area contributed by atoms with E-state index in [-0.39, 0.29) is 56.3 Å². The molecule has 3 fully saturated rings. The molecule has 0 unspecified atom stereocenters. The van der Waals surface area contributed by atoms with E-state index in [0.29, 0.717) is 42.5 Å². The predicted molar refractivity (Wildman–Crippen MR) is 186 cm³/mol. The Balaban J connectivity index is 0.000000225. The van der Waals surface area contributed by atoms with Crippen molar-refractivity contribution in [3.05, 3.63) is 83.4 Å². The molecule has 0 spiro atoms. The van der Waals surface area contributed by atoms with Gasteiger partial charge in [-0.05, 0) is 36.2 Å². The number of nitrogens with zero attached hydrogens (tertiary/aromatic N) is 3. The smallest absolute Gasteiger partial charge is 0.416 e. The van der Waals surface area contributed by atoms with Gasteiger partial charge in [-0.15, -0.1) is 0 Å². The zero-order valence-electron chi connectivity index (χ0n) is 29.6. The number of likely N-dealkylation sites (tertiary alicyclic amines) is 2. The lowest BCUT2D eigenvalue weighted by Gasteiger charge is -2.23. The molecule has 3 aliphatic rings. The summed E-state index contributed by atoms with van der Waals surface area (Å²) < 4.78 is 26.2. The van der Waals surface area contributed by atoms with E-state index >= 15 is 0 Å². The van der Waals surface area contributed by atoms with Crippen molar-refractivity contribution in [2.24, 2.45) is 11.8 Å². The first-order chi connectivity index (χ1) is 25.0. The molecule has 4 amide bonds. The molecule has 3 aromatic rings. The summed E-state index contributed by atoms with van der Waals surface area (Å²) in [4.78, 5) is 65.3. The van der Waals surface area contributed by atoms with Crippen molar-refractivity contribution in [1.29, 1.82) is 0 Å². The van der Waals surface area contributed by atoms with Crippen LogP contribution >= 0.6 is 0 Å². The van der Waals surface area contributed by atoms with Crippen molar-refractivity contribution in [3.8, 4) is 23.0 Å². The molecule has 52 heavy (non-hydrogen) atoms. The third-order valence-electron chi connectivity index (χ3n) is 9.35. The largest absolute Gasteiger partial charge is 0.497 e. The number of hydrogen-bond donors (Lipinski definition) is 1. The van der Waals surface area contributed by atoms with E-state index in [1.165, 1.54) is 4.90 Å². The predicted octanol–water partition coefficient (Wildman–Crippen LogP) is 3.78. The second kappa shape index (κ2) is 16.9. The lowest BCUT2D eigenvalue weighted by Crippen LogP contribution is -2.44. The van der Waals surface area contributed by atoms with Crippen molar-refractivity contribution in [2.45, 2.75) is 38.4 Å². The van der Waals surface area contributed by atoms with E-state index < -0.39 is 23.9 Å². The molecule has 3 saturated heterocycles. The number of carbonyl (C=O) groups excluding carboxylic acids is 4. The standard InChI is InChI=1S/C24H26N2O6.C14H17NO5/c1-30-20-9-8-17(21(12-20)31-2)13-25-14-18(11-22(25)27)23(28)26-19(15-32-24(26)29)10-16-6-4-3-5-7-16;1-19-11-4-3-9(12(6-11)20-2)7-15-8-10(14(17)18)5-13(15)16/h3-9,12,18-19H,10-11,13-15H2,1-2H3;3-4,6,10H,5,7-8H2,1-2H3,(H,17,18)/t18-,19-;10-/m00/s1. The van der Waals surface area contributed by atoms with Crippen molar-refractivity contribution in [2.75, 3.05) is 48.1 Å². The van der Waals surface area contributed by atoms with E-state index in [4.69, 9.17) is 28.8 Å². The second-order valence-corrected chi connectivity index (χ2v) is 12.7. The molecule has 3 atom stereocenters. The molecule has 0 saturated carbocycles. The highest BCUT2D eigenvalue weighted by molar-refractivity contribution is 5.98. The number of methoxy groups -OCH3 is 4. The zero-order chi connectivity index (χ0) is 37.4. The number of cyclic esters (lactones) is 1. The van der Waals surface area contributed by atoms with E-state index in [1.807, 2.05) is 42.5 Å². The number of aliphatic carboxylic acids is 1. The van der Waals surface area contributed by atoms with Crippen LogP contribution in [-0.4, -0.2) is 104 Å². The van der Waals surface area contributed by atoms with Crippen molar-refractivity contribution < 1.29 is 52.8 Å². The van der Waals surface area contributed by atoms with Crippen LogP contribution in [0, 0.1) is 11.8 Å². The van der Waals surface area contributed by atoms with Gasteiger partial charge >= 0.3 is 12.1 Å². The van der Waals surface area contributed by atoms with Gasteiger partial charge in [-0.2, -0.15) is 0 Å². The highest BCUT2D eigenvalue weighted by Crippen LogP contribution is 2.31. The number of hydrogen-bond acceptors (Lipinski definition) is 10. The first-order valence-corrected chi connectivity index (χ1v) is 16.8.